The zero-order valence-corrected chi connectivity index (χ0v) is 15.0. The van der Waals surface area contributed by atoms with Gasteiger partial charge in [-0.2, -0.15) is 16.9 Å². The van der Waals surface area contributed by atoms with Crippen LogP contribution < -0.4 is 10.0 Å². The Morgan fingerprint density at radius 3 is 2.57 bits per heavy atom. The van der Waals surface area contributed by atoms with E-state index in [1.165, 1.54) is 0 Å². The van der Waals surface area contributed by atoms with E-state index in [0.29, 0.717) is 29.7 Å². The number of nitrogens with zero attached hydrogens (tertiary/aromatic N) is 1. The first-order valence-electron chi connectivity index (χ1n) is 7.07. The maximum Gasteiger partial charge on any atom is 0.244 e. The normalized spacial score (nSPS) is 13.8. The molecule has 0 saturated carbocycles. The molecular formula is C13H26N4O2S2. The number of sulfonamides is 1. The van der Waals surface area contributed by atoms with Gasteiger partial charge in [-0.25, -0.2) is 13.1 Å². The van der Waals surface area contributed by atoms with Crippen molar-refractivity contribution in [1.29, 1.82) is 0 Å². The van der Waals surface area contributed by atoms with Crippen LogP contribution in [0.5, 0.6) is 0 Å². The van der Waals surface area contributed by atoms with Crippen LogP contribution in [0.4, 0.5) is 0 Å². The van der Waals surface area contributed by atoms with Gasteiger partial charge in [0.05, 0.1) is 11.4 Å². The van der Waals surface area contributed by atoms with Gasteiger partial charge < -0.3 is 5.32 Å². The Hall–Kier alpha value is -0.570. The molecule has 122 valence electrons. The van der Waals surface area contributed by atoms with Crippen LogP contribution in [0.1, 0.15) is 38.6 Å². The maximum atomic E-state index is 12.4. The van der Waals surface area contributed by atoms with Crippen molar-refractivity contribution < 1.29 is 8.42 Å². The zero-order chi connectivity index (χ0) is 16.0. The largest absolute Gasteiger partial charge is 0.309 e. The lowest BCUT2D eigenvalue weighted by atomic mass is 10.3. The van der Waals surface area contributed by atoms with E-state index in [-0.39, 0.29) is 10.9 Å². The number of aromatic amines is 1. The van der Waals surface area contributed by atoms with Gasteiger partial charge in [0.15, 0.2) is 0 Å². The molecular weight excluding hydrogens is 308 g/mol. The van der Waals surface area contributed by atoms with Gasteiger partial charge in [-0.1, -0.05) is 20.8 Å². The van der Waals surface area contributed by atoms with Gasteiger partial charge >= 0.3 is 0 Å². The van der Waals surface area contributed by atoms with Crippen LogP contribution in [-0.2, 0) is 16.6 Å². The second-order valence-corrected chi connectivity index (χ2v) is 8.37. The van der Waals surface area contributed by atoms with Crippen molar-refractivity contribution in [1.82, 2.24) is 20.2 Å². The minimum Gasteiger partial charge on any atom is -0.309 e. The average molecular weight is 335 g/mol. The third-order valence-corrected chi connectivity index (χ3v) is 5.86. The smallest absolute Gasteiger partial charge is 0.244 e. The second kappa shape index (κ2) is 8.17. The summed E-state index contributed by atoms with van der Waals surface area (Å²) in [5, 5.41) is 10.5. The standard InChI is InChI=1S/C13H26N4O2S2/c1-9(2)14-8-12-13(11(4)16-17-12)21(18,19)15-7-6-10(3)20-5/h9-10,14-15H,6-8H2,1-5H3,(H,16,17). The Labute approximate surface area is 131 Å². The molecule has 1 unspecified atom stereocenters. The van der Waals surface area contributed by atoms with Crippen molar-refractivity contribution in [2.75, 3.05) is 12.8 Å². The monoisotopic (exact) mass is 334 g/mol. The predicted molar refractivity (Wildman–Crippen MR) is 88.1 cm³/mol. The van der Waals surface area contributed by atoms with E-state index in [1.807, 2.05) is 20.1 Å². The molecule has 0 fully saturated rings. The molecule has 8 heteroatoms. The summed E-state index contributed by atoms with van der Waals surface area (Å²) < 4.78 is 27.6. The van der Waals surface area contributed by atoms with E-state index in [2.05, 4.69) is 27.2 Å². The van der Waals surface area contributed by atoms with Gasteiger partial charge in [-0.3, -0.25) is 5.10 Å². The molecule has 1 atom stereocenters. The molecule has 0 amide bonds. The summed E-state index contributed by atoms with van der Waals surface area (Å²) in [4.78, 5) is 0.271. The molecule has 0 bridgehead atoms. The Bertz CT molecular complexity index is 540. The van der Waals surface area contributed by atoms with Crippen molar-refractivity contribution >= 4 is 21.8 Å². The van der Waals surface area contributed by atoms with Gasteiger partial charge in [0.2, 0.25) is 10.0 Å². The predicted octanol–water partition coefficient (Wildman–Crippen LogP) is 1.64. The lowest BCUT2D eigenvalue weighted by Gasteiger charge is -2.11. The molecule has 1 aromatic rings. The second-order valence-electron chi connectivity index (χ2n) is 5.39. The molecule has 0 aliphatic rings. The molecule has 21 heavy (non-hydrogen) atoms. The number of aryl methyl sites for hydroxylation is 1. The highest BCUT2D eigenvalue weighted by Crippen LogP contribution is 2.18. The topological polar surface area (TPSA) is 86.9 Å². The number of nitrogens with one attached hydrogen (secondary N) is 3. The fourth-order valence-corrected chi connectivity index (χ4v) is 3.59. The van der Waals surface area contributed by atoms with Crippen molar-refractivity contribution in [3.05, 3.63) is 11.4 Å². The lowest BCUT2D eigenvalue weighted by Crippen LogP contribution is -2.29. The van der Waals surface area contributed by atoms with Gasteiger partial charge in [-0.15, -0.1) is 0 Å². The van der Waals surface area contributed by atoms with Gasteiger partial charge in [0, 0.05) is 24.4 Å². The number of hydrogen-bond donors (Lipinski definition) is 3. The van der Waals surface area contributed by atoms with Crippen LogP contribution in [0.2, 0.25) is 0 Å². The maximum absolute atomic E-state index is 12.4. The number of aromatic nitrogens is 2. The fraction of sp³-hybridized carbons (Fsp3) is 0.769. The minimum absolute atomic E-state index is 0.271. The van der Waals surface area contributed by atoms with Gasteiger partial charge in [0.25, 0.3) is 0 Å². The Morgan fingerprint density at radius 1 is 1.33 bits per heavy atom. The van der Waals surface area contributed by atoms with Crippen molar-refractivity contribution in [2.24, 2.45) is 0 Å². The minimum atomic E-state index is -3.52. The molecule has 0 aliphatic heterocycles. The van der Waals surface area contributed by atoms with Gasteiger partial charge in [-0.05, 0) is 19.6 Å². The molecule has 0 radical (unpaired) electrons. The molecule has 3 N–H and O–H groups in total. The van der Waals surface area contributed by atoms with E-state index in [4.69, 9.17) is 0 Å². The Balaban J connectivity index is 2.80. The molecule has 0 aliphatic carbocycles. The van der Waals surface area contributed by atoms with E-state index in [9.17, 15) is 8.42 Å². The number of H-pyrrole nitrogens is 1. The Morgan fingerprint density at radius 2 is 2.00 bits per heavy atom. The van der Waals surface area contributed by atoms with Gasteiger partial charge in [0.1, 0.15) is 4.90 Å². The van der Waals surface area contributed by atoms with E-state index in [0.717, 1.165) is 6.42 Å². The molecule has 1 rings (SSSR count). The Kier molecular flexibility index (Phi) is 7.19. The van der Waals surface area contributed by atoms with E-state index < -0.39 is 10.0 Å². The highest BCUT2D eigenvalue weighted by Gasteiger charge is 2.24. The summed E-state index contributed by atoms with van der Waals surface area (Å²) >= 11 is 1.73. The SMILES string of the molecule is CSC(C)CCNS(=O)(=O)c1c(CNC(C)C)n[nH]c1C. The van der Waals surface area contributed by atoms with Crippen LogP contribution >= 0.6 is 11.8 Å². The lowest BCUT2D eigenvalue weighted by molar-refractivity contribution is 0.562. The first-order chi connectivity index (χ1) is 9.77. The molecule has 0 aromatic carbocycles. The first-order valence-corrected chi connectivity index (χ1v) is 9.84. The first kappa shape index (κ1) is 18.5. The van der Waals surface area contributed by atoms with Crippen LogP contribution in [0.15, 0.2) is 4.90 Å². The summed E-state index contributed by atoms with van der Waals surface area (Å²) in [5.41, 5.74) is 1.10. The highest BCUT2D eigenvalue weighted by molar-refractivity contribution is 7.99. The molecule has 1 heterocycles. The van der Waals surface area contributed by atoms with Crippen LogP contribution in [0.25, 0.3) is 0 Å². The molecule has 1 aromatic heterocycles. The fourth-order valence-electron chi connectivity index (χ4n) is 1.83. The van der Waals surface area contributed by atoms with E-state index in [1.54, 1.807) is 18.7 Å². The third kappa shape index (κ3) is 5.61. The summed E-state index contributed by atoms with van der Waals surface area (Å²) in [5.74, 6) is 0. The van der Waals surface area contributed by atoms with Crippen molar-refractivity contribution in [3.8, 4) is 0 Å². The van der Waals surface area contributed by atoms with Crippen molar-refractivity contribution in [3.63, 3.8) is 0 Å². The number of hydrogen-bond acceptors (Lipinski definition) is 5. The van der Waals surface area contributed by atoms with Crippen molar-refractivity contribution in [2.45, 2.75) is 56.8 Å². The summed E-state index contributed by atoms with van der Waals surface area (Å²) in [6.45, 7) is 8.70. The summed E-state index contributed by atoms with van der Waals surface area (Å²) in [7, 11) is -3.52. The van der Waals surface area contributed by atoms with E-state index >= 15 is 0 Å². The highest BCUT2D eigenvalue weighted by atomic mass is 32.2. The number of thioether (sulfide) groups is 1. The van der Waals surface area contributed by atoms with Crippen LogP contribution in [0, 0.1) is 6.92 Å². The average Bonchev–Trinajstić information content (AvgIpc) is 2.77. The van der Waals surface area contributed by atoms with Crippen LogP contribution in [-0.4, -0.2) is 42.7 Å². The zero-order valence-electron chi connectivity index (χ0n) is 13.4. The quantitative estimate of drug-likeness (QED) is 0.639. The summed E-state index contributed by atoms with van der Waals surface area (Å²) in [6, 6.07) is 0.271. The molecule has 0 spiro atoms. The summed E-state index contributed by atoms with van der Waals surface area (Å²) in [6.07, 6.45) is 2.83. The molecule has 6 nitrogen and oxygen atoms in total. The third-order valence-electron chi connectivity index (χ3n) is 3.15. The van der Waals surface area contributed by atoms with Crippen LogP contribution in [0.3, 0.4) is 0 Å². The number of rotatable bonds is 9. The molecule has 0 saturated heterocycles.